The molecule has 3 aromatic heterocycles. The molecular formula is C38H41ClF2N8O3. The Bertz CT molecular complexity index is 2100. The molecule has 3 aliphatic rings. The average Bonchev–Trinajstić information content (AvgIpc) is 3.86. The number of fused-ring (bicyclic) bond motifs is 3. The fraction of sp³-hybridized carbons (Fsp3) is 0.421. The number of hydrogen-bond donors (Lipinski definition) is 0. The molecule has 2 unspecified atom stereocenters. The van der Waals surface area contributed by atoms with Gasteiger partial charge in [-0.1, -0.05) is 60.9 Å². The SMILES string of the molecule is COc1nc(N(C)CC2CN(C(=O)/C=C/c3nc(C(C)C)no3)C2)c2cnc(-c3cccc4cccc(Cl)c34)c(F)c2n1.FC1CC2CCCN2C1. The number of ether oxygens (including phenoxy) is 1. The summed E-state index contributed by atoms with van der Waals surface area (Å²) in [5.41, 5.74) is 0.811. The van der Waals surface area contributed by atoms with Crippen LogP contribution >= 0.6 is 11.6 Å². The van der Waals surface area contributed by atoms with Crippen LogP contribution < -0.4 is 9.64 Å². The van der Waals surface area contributed by atoms with Gasteiger partial charge in [-0.2, -0.15) is 15.0 Å². The third kappa shape index (κ3) is 7.29. The Morgan fingerprint density at radius 3 is 2.67 bits per heavy atom. The first-order chi connectivity index (χ1) is 25.1. The Hall–Kier alpha value is -4.75. The van der Waals surface area contributed by atoms with E-state index in [1.807, 2.05) is 50.1 Å². The van der Waals surface area contributed by atoms with Crippen molar-refractivity contribution in [2.45, 2.75) is 51.2 Å². The molecular weight excluding hydrogens is 690 g/mol. The number of carbonyl (C=O) groups is 1. The van der Waals surface area contributed by atoms with Crippen molar-refractivity contribution < 1.29 is 22.8 Å². The van der Waals surface area contributed by atoms with Crippen LogP contribution in [0.15, 0.2) is 53.2 Å². The van der Waals surface area contributed by atoms with Gasteiger partial charge >= 0.3 is 6.01 Å². The monoisotopic (exact) mass is 730 g/mol. The molecule has 0 radical (unpaired) electrons. The summed E-state index contributed by atoms with van der Waals surface area (Å²) in [6.07, 6.45) is 7.36. The second-order valence-electron chi connectivity index (χ2n) is 14.0. The van der Waals surface area contributed by atoms with E-state index < -0.39 is 12.0 Å². The van der Waals surface area contributed by atoms with Crippen LogP contribution in [0.1, 0.15) is 50.7 Å². The van der Waals surface area contributed by atoms with Crippen LogP contribution in [0.5, 0.6) is 6.01 Å². The maximum Gasteiger partial charge on any atom is 0.318 e. The first kappa shape index (κ1) is 35.6. The van der Waals surface area contributed by atoms with Crippen LogP contribution in [0.2, 0.25) is 5.02 Å². The number of nitrogens with zero attached hydrogens (tertiary/aromatic N) is 8. The van der Waals surface area contributed by atoms with E-state index in [1.54, 1.807) is 23.2 Å². The zero-order chi connectivity index (χ0) is 36.5. The lowest BCUT2D eigenvalue weighted by Crippen LogP contribution is -2.53. The first-order valence-corrected chi connectivity index (χ1v) is 17.9. The number of amides is 1. The van der Waals surface area contributed by atoms with Gasteiger partial charge < -0.3 is 19.1 Å². The van der Waals surface area contributed by atoms with Gasteiger partial charge in [0.15, 0.2) is 11.6 Å². The van der Waals surface area contributed by atoms with Crippen LogP contribution in [0, 0.1) is 11.7 Å². The van der Waals surface area contributed by atoms with Crippen molar-refractivity contribution >= 4 is 51.1 Å². The van der Waals surface area contributed by atoms with Crippen molar-refractivity contribution in [1.82, 2.24) is 34.9 Å². The number of pyridine rings is 1. The van der Waals surface area contributed by atoms with E-state index in [0.717, 1.165) is 18.4 Å². The topological polar surface area (TPSA) is 114 Å². The van der Waals surface area contributed by atoms with Gasteiger partial charge in [-0.05, 0) is 37.3 Å². The molecule has 3 aliphatic heterocycles. The predicted molar refractivity (Wildman–Crippen MR) is 197 cm³/mol. The largest absolute Gasteiger partial charge is 0.467 e. The lowest BCUT2D eigenvalue weighted by molar-refractivity contribution is -0.131. The van der Waals surface area contributed by atoms with Gasteiger partial charge in [0, 0.05) is 85.4 Å². The fourth-order valence-corrected chi connectivity index (χ4v) is 7.53. The van der Waals surface area contributed by atoms with E-state index in [0.29, 0.717) is 71.1 Å². The molecule has 1 amide bonds. The number of benzene rings is 2. The minimum atomic E-state index is -0.589. The number of rotatable bonds is 8. The molecule has 8 rings (SSSR count). The second kappa shape index (κ2) is 15.1. The Kier molecular flexibility index (Phi) is 10.3. The molecule has 52 heavy (non-hydrogen) atoms. The van der Waals surface area contributed by atoms with Crippen LogP contribution in [0.4, 0.5) is 14.6 Å². The Labute approximate surface area is 305 Å². The molecule has 0 spiro atoms. The Morgan fingerprint density at radius 2 is 1.94 bits per heavy atom. The van der Waals surface area contributed by atoms with E-state index in [2.05, 4.69) is 30.0 Å². The van der Waals surface area contributed by atoms with E-state index in [9.17, 15) is 9.18 Å². The summed E-state index contributed by atoms with van der Waals surface area (Å²) in [6.45, 7) is 7.49. The van der Waals surface area contributed by atoms with E-state index >= 15 is 4.39 Å². The molecule has 0 N–H and O–H groups in total. The Morgan fingerprint density at radius 1 is 1.15 bits per heavy atom. The molecule has 3 saturated heterocycles. The highest BCUT2D eigenvalue weighted by molar-refractivity contribution is 6.36. The van der Waals surface area contributed by atoms with E-state index in [1.165, 1.54) is 32.1 Å². The van der Waals surface area contributed by atoms with E-state index in [4.69, 9.17) is 20.9 Å². The molecule has 2 aromatic carbocycles. The molecule has 5 aromatic rings. The molecule has 2 atom stereocenters. The predicted octanol–water partition coefficient (Wildman–Crippen LogP) is 6.95. The summed E-state index contributed by atoms with van der Waals surface area (Å²) >= 11 is 6.51. The number of hydrogen-bond acceptors (Lipinski definition) is 10. The van der Waals surface area contributed by atoms with Gasteiger partial charge in [0.2, 0.25) is 5.91 Å². The number of anilines is 1. The second-order valence-corrected chi connectivity index (χ2v) is 14.4. The lowest BCUT2D eigenvalue weighted by atomic mass is 9.99. The summed E-state index contributed by atoms with van der Waals surface area (Å²) in [5, 5.41) is 6.45. The van der Waals surface area contributed by atoms with Crippen molar-refractivity contribution in [3.63, 3.8) is 0 Å². The van der Waals surface area contributed by atoms with Crippen LogP contribution in [0.3, 0.4) is 0 Å². The molecule has 11 nitrogen and oxygen atoms in total. The summed E-state index contributed by atoms with van der Waals surface area (Å²) in [4.78, 5) is 36.2. The smallest absolute Gasteiger partial charge is 0.318 e. The van der Waals surface area contributed by atoms with Gasteiger partial charge in [-0.3, -0.25) is 14.7 Å². The van der Waals surface area contributed by atoms with Crippen molar-refractivity contribution in [1.29, 1.82) is 0 Å². The molecule has 14 heteroatoms. The van der Waals surface area contributed by atoms with Gasteiger partial charge in [-0.25, -0.2) is 8.78 Å². The van der Waals surface area contributed by atoms with Crippen LogP contribution in [-0.2, 0) is 4.79 Å². The number of carbonyl (C=O) groups excluding carboxylic acids is 1. The van der Waals surface area contributed by atoms with Gasteiger partial charge in [-0.15, -0.1) is 0 Å². The molecule has 272 valence electrons. The highest BCUT2D eigenvalue weighted by Gasteiger charge is 2.35. The maximum atomic E-state index is 16.2. The number of methoxy groups -OCH3 is 1. The minimum absolute atomic E-state index is 0.0403. The van der Waals surface area contributed by atoms with Gasteiger partial charge in [0.05, 0.1) is 12.5 Å². The zero-order valence-electron chi connectivity index (χ0n) is 29.6. The molecule has 0 bridgehead atoms. The molecule has 0 aliphatic carbocycles. The maximum absolute atomic E-state index is 16.2. The van der Waals surface area contributed by atoms with Gasteiger partial charge in [0.25, 0.3) is 5.89 Å². The normalized spacial score (nSPS) is 19.0. The Balaban J connectivity index is 0.000000404. The minimum Gasteiger partial charge on any atom is -0.467 e. The summed E-state index contributed by atoms with van der Waals surface area (Å²) < 4.78 is 39.3. The number of aromatic nitrogens is 5. The molecule has 3 fully saturated rings. The number of halogens is 3. The number of alkyl halides is 1. The zero-order valence-corrected chi connectivity index (χ0v) is 30.4. The van der Waals surface area contributed by atoms with Gasteiger partial charge in [0.1, 0.15) is 23.2 Å². The van der Waals surface area contributed by atoms with E-state index in [-0.39, 0.29) is 35.0 Å². The number of likely N-dealkylation sites (tertiary alicyclic amines) is 1. The quantitative estimate of drug-likeness (QED) is 0.155. The standard InChI is InChI=1S/C31H29ClFN7O3.C7H12FN/c1-17(2)29-35-23(43-38-29)11-12-24(41)40-15-18(16-40)14-39(3)30-21-13-34-27(26(33)28(21)36-31(37-30)42-4)20-9-5-7-19-8-6-10-22(32)25(19)20;8-6-4-7-2-1-3-9(7)5-6/h5-13,17-18H,14-16H2,1-4H3;6-7H,1-5H2/b12-11+;. The highest BCUT2D eigenvalue weighted by atomic mass is 35.5. The van der Waals surface area contributed by atoms with Crippen molar-refractivity contribution in [2.24, 2.45) is 5.92 Å². The van der Waals surface area contributed by atoms with Crippen LogP contribution in [0.25, 0.3) is 39.0 Å². The van der Waals surface area contributed by atoms with Crippen molar-refractivity contribution in [3.05, 3.63) is 71.2 Å². The molecule has 0 saturated carbocycles. The molecule has 6 heterocycles. The summed E-state index contributed by atoms with van der Waals surface area (Å²) in [6, 6.07) is 11.7. The van der Waals surface area contributed by atoms with Crippen molar-refractivity contribution in [3.8, 4) is 17.3 Å². The van der Waals surface area contributed by atoms with Crippen LogP contribution in [-0.4, -0.2) is 99.9 Å². The summed E-state index contributed by atoms with van der Waals surface area (Å²) in [5.74, 6) is 0.975. The third-order valence-electron chi connectivity index (χ3n) is 9.90. The average molecular weight is 731 g/mol. The first-order valence-electron chi connectivity index (χ1n) is 17.6. The third-order valence-corrected chi connectivity index (χ3v) is 10.2. The highest BCUT2D eigenvalue weighted by Crippen LogP contribution is 2.37. The fourth-order valence-electron chi connectivity index (χ4n) is 7.25. The lowest BCUT2D eigenvalue weighted by Gasteiger charge is -2.40. The van der Waals surface area contributed by atoms with Crippen molar-refractivity contribution in [2.75, 3.05) is 51.8 Å². The summed E-state index contributed by atoms with van der Waals surface area (Å²) in [7, 11) is 3.31.